The van der Waals surface area contributed by atoms with Crippen LogP contribution in [0.15, 0.2) is 150 Å². The maximum atomic E-state index is 10.6. The molecule has 3 aliphatic rings. The molecule has 0 aromatic heterocycles. The molecule has 3 heterocycles. The third-order valence-corrected chi connectivity index (χ3v) is 9.64. The van der Waals surface area contributed by atoms with E-state index in [1.165, 1.54) is 58.0 Å². The molecule has 6 aromatic rings. The number of nitrogens with one attached hydrogen (secondary N) is 1. The third kappa shape index (κ3) is 11.2. The van der Waals surface area contributed by atoms with Gasteiger partial charge in [0.15, 0.2) is 0 Å². The van der Waals surface area contributed by atoms with Crippen molar-refractivity contribution in [3.8, 4) is 0 Å². The fourth-order valence-electron chi connectivity index (χ4n) is 6.43. The number of hydrogen-bond acceptors (Lipinski definition) is 9. The van der Waals surface area contributed by atoms with Crippen molar-refractivity contribution in [2.24, 2.45) is 0 Å². The molecule has 0 atom stereocenters. The highest BCUT2D eigenvalue weighted by Crippen LogP contribution is 2.35. The first-order chi connectivity index (χ1) is 27.2. The van der Waals surface area contributed by atoms with Crippen LogP contribution in [-0.4, -0.2) is 41.2 Å². The zero-order chi connectivity index (χ0) is 39.9. The molecule has 0 unspecified atom stereocenters. The molecule has 288 valence electrons. The van der Waals surface area contributed by atoms with Crippen molar-refractivity contribution >= 4 is 61.4 Å². The van der Waals surface area contributed by atoms with E-state index < -0.39 is 4.92 Å². The summed E-state index contributed by atoms with van der Waals surface area (Å²) in [6, 6.07) is 46.3. The lowest BCUT2D eigenvalue weighted by atomic mass is 10.2. The van der Waals surface area contributed by atoms with Gasteiger partial charge < -0.3 is 26.0 Å². The zero-order valence-corrected chi connectivity index (χ0v) is 32.7. The predicted octanol–water partition coefficient (Wildman–Crippen LogP) is 10.3. The van der Waals surface area contributed by atoms with Crippen LogP contribution >= 0.6 is 15.9 Å². The van der Waals surface area contributed by atoms with Crippen molar-refractivity contribution in [2.75, 3.05) is 47.1 Å². The molecule has 0 saturated carbocycles. The summed E-state index contributed by atoms with van der Waals surface area (Å²) < 4.78 is 0.845. The summed E-state index contributed by atoms with van der Waals surface area (Å²) in [6.07, 6.45) is 3.34. The average molecular weight is 818 g/mol. The Morgan fingerprint density at radius 1 is 0.625 bits per heavy atom. The molecule has 0 aliphatic carbocycles. The molecule has 9 rings (SSSR count). The molecule has 4 N–H and O–H groups in total. The van der Waals surface area contributed by atoms with Crippen LogP contribution in [0.5, 0.6) is 0 Å². The van der Waals surface area contributed by atoms with Crippen LogP contribution in [0.1, 0.15) is 23.6 Å². The fourth-order valence-corrected chi connectivity index (χ4v) is 6.69. The van der Waals surface area contributed by atoms with Crippen molar-refractivity contribution in [3.63, 3.8) is 0 Å². The Balaban J connectivity index is 0.000000144. The highest BCUT2D eigenvalue weighted by molar-refractivity contribution is 9.10. The van der Waals surface area contributed by atoms with E-state index in [1.807, 2.05) is 24.3 Å². The number of hydrogen-bond donors (Lipinski definition) is 3. The summed E-state index contributed by atoms with van der Waals surface area (Å²) in [5.74, 6) is 0. The van der Waals surface area contributed by atoms with E-state index in [0.29, 0.717) is 0 Å². The summed E-state index contributed by atoms with van der Waals surface area (Å²) in [5, 5.41) is 31.6. The van der Waals surface area contributed by atoms with Gasteiger partial charge in [-0.1, -0.05) is 70.5 Å². The summed E-state index contributed by atoms with van der Waals surface area (Å²) in [6.45, 7) is 5.03. The number of anilines is 6. The van der Waals surface area contributed by atoms with Gasteiger partial charge in [0.25, 0.3) is 11.4 Å². The normalized spacial score (nSPS) is 12.6. The van der Waals surface area contributed by atoms with Crippen LogP contribution in [0.25, 0.3) is 0 Å². The van der Waals surface area contributed by atoms with E-state index in [0.717, 1.165) is 48.3 Å². The van der Waals surface area contributed by atoms with Crippen molar-refractivity contribution < 1.29 is 15.0 Å². The fraction of sp³-hybridized carbons (Fsp3) is 0.182. The Morgan fingerprint density at radius 2 is 1.04 bits per heavy atom. The van der Waals surface area contributed by atoms with Crippen molar-refractivity contribution in [1.82, 2.24) is 0 Å². The Morgan fingerprint density at radius 3 is 1.50 bits per heavy atom. The number of aliphatic hydroxyl groups excluding tert-OH is 1. The van der Waals surface area contributed by atoms with Gasteiger partial charge in [0.2, 0.25) is 0 Å². The molecule has 0 radical (unpaired) electrons. The van der Waals surface area contributed by atoms with Gasteiger partial charge in [-0.25, -0.2) is 0 Å². The first kappa shape index (κ1) is 40.9. The molecular formula is C44H45BrN6O5. The Hall–Kier alpha value is -6.24. The lowest BCUT2D eigenvalue weighted by Crippen LogP contribution is -2.12. The maximum absolute atomic E-state index is 10.6. The van der Waals surface area contributed by atoms with Gasteiger partial charge in [0, 0.05) is 89.1 Å². The van der Waals surface area contributed by atoms with Crippen molar-refractivity contribution in [1.29, 1.82) is 0 Å². The third-order valence-electron chi connectivity index (χ3n) is 9.12. The lowest BCUT2D eigenvalue weighted by Gasteiger charge is -2.19. The molecule has 0 spiro atoms. The lowest BCUT2D eigenvalue weighted by molar-refractivity contribution is -0.385. The molecule has 0 fully saturated rings. The van der Waals surface area contributed by atoms with Crippen molar-refractivity contribution in [3.05, 3.63) is 187 Å². The van der Waals surface area contributed by atoms with Gasteiger partial charge in [0.1, 0.15) is 0 Å². The van der Waals surface area contributed by atoms with E-state index >= 15 is 0 Å². The number of nitrogens with zero attached hydrogens (tertiary/aromatic N) is 4. The van der Waals surface area contributed by atoms with Gasteiger partial charge in [-0.15, -0.1) is 0 Å². The van der Waals surface area contributed by atoms with E-state index in [2.05, 4.69) is 104 Å². The first-order valence-electron chi connectivity index (χ1n) is 18.3. The van der Waals surface area contributed by atoms with Crippen LogP contribution in [0.4, 0.5) is 45.5 Å². The van der Waals surface area contributed by atoms with Crippen molar-refractivity contribution in [2.45, 2.75) is 26.2 Å². The van der Waals surface area contributed by atoms with Gasteiger partial charge in [0.05, 0.1) is 9.85 Å². The topological polar surface area (TPSA) is 151 Å². The highest BCUT2D eigenvalue weighted by atomic mass is 79.9. The minimum Gasteiger partial charge on any atom is -0.399 e. The number of rotatable bonds is 4. The minimum atomic E-state index is -0.424. The number of para-hydroxylation sites is 3. The molecule has 12 heteroatoms. The van der Waals surface area contributed by atoms with Gasteiger partial charge in [-0.3, -0.25) is 20.2 Å². The molecule has 0 amide bonds. The standard InChI is InChI=1S/C14H12N2O2.C14H14N2.C8H9N.C6H4BrNO2.C2H6O/c17-16(18)13-7-5-12(6-8-13)15-10-9-11-3-1-2-4-14(11)15;15-12-5-7-13(8-6-12)16-10-9-11-3-1-2-4-14(11)16;1-2-4-8-7(3-1)5-6-9-8;7-5-1-3-6(4-2-5)8(9)10;1-2-3/h1-8H,9-10H2;1-8H,9-10,15H2;1-4,9H,5-6H2;1-4H;3H,2H2,1H3. The quantitative estimate of drug-likeness (QED) is 0.0897. The Kier molecular flexibility index (Phi) is 14.9. The Labute approximate surface area is 335 Å². The number of nitro benzene ring substituents is 2. The highest BCUT2D eigenvalue weighted by Gasteiger charge is 2.21. The summed E-state index contributed by atoms with van der Waals surface area (Å²) >= 11 is 3.17. The smallest absolute Gasteiger partial charge is 0.269 e. The summed E-state index contributed by atoms with van der Waals surface area (Å²) in [4.78, 5) is 24.5. The SMILES string of the molecule is CCO.Nc1ccc(N2CCc3ccccc32)cc1.O=[N+]([O-])c1ccc(Br)cc1.O=[N+]([O-])c1ccc(N2CCc3ccccc32)cc1.c1ccc2c(c1)CCN2. The monoisotopic (exact) mass is 816 g/mol. The number of fused-ring (bicyclic) bond motifs is 3. The van der Waals surface area contributed by atoms with E-state index in [9.17, 15) is 20.2 Å². The van der Waals surface area contributed by atoms with Crippen LogP contribution in [0.3, 0.4) is 0 Å². The van der Waals surface area contributed by atoms with Crippen LogP contribution in [-0.2, 0) is 19.3 Å². The number of nitrogen functional groups attached to an aromatic ring is 1. The number of benzene rings is 6. The minimum absolute atomic E-state index is 0.114. The second kappa shape index (κ2) is 20.4. The molecular weight excluding hydrogens is 772 g/mol. The molecule has 11 nitrogen and oxygen atoms in total. The molecule has 6 aromatic carbocycles. The average Bonchev–Trinajstić information content (AvgIpc) is 3.99. The largest absolute Gasteiger partial charge is 0.399 e. The second-order valence-electron chi connectivity index (χ2n) is 12.8. The van der Waals surface area contributed by atoms with Crippen LogP contribution in [0, 0.1) is 20.2 Å². The van der Waals surface area contributed by atoms with Crippen LogP contribution in [0.2, 0.25) is 0 Å². The van der Waals surface area contributed by atoms with Gasteiger partial charge in [-0.05, 0) is 110 Å². The second-order valence-corrected chi connectivity index (χ2v) is 13.7. The van der Waals surface area contributed by atoms with E-state index in [4.69, 9.17) is 10.8 Å². The molecule has 56 heavy (non-hydrogen) atoms. The zero-order valence-electron chi connectivity index (χ0n) is 31.1. The van der Waals surface area contributed by atoms with E-state index in [-0.39, 0.29) is 22.9 Å². The Bertz CT molecular complexity index is 2160. The molecule has 0 bridgehead atoms. The van der Waals surface area contributed by atoms with Crippen LogP contribution < -0.4 is 20.9 Å². The first-order valence-corrected chi connectivity index (χ1v) is 19.1. The van der Waals surface area contributed by atoms with Gasteiger partial charge in [-0.2, -0.15) is 0 Å². The summed E-state index contributed by atoms with van der Waals surface area (Å²) in [7, 11) is 0. The number of aliphatic hydroxyl groups is 1. The van der Waals surface area contributed by atoms with E-state index in [1.54, 1.807) is 43.3 Å². The number of non-ortho nitro benzene ring substituents is 2. The number of halogens is 1. The number of nitrogens with two attached hydrogens (primary N) is 1. The maximum Gasteiger partial charge on any atom is 0.269 e. The van der Waals surface area contributed by atoms with Gasteiger partial charge >= 0.3 is 0 Å². The number of nitro groups is 2. The summed E-state index contributed by atoms with van der Waals surface area (Å²) in [5.41, 5.74) is 17.0. The molecule has 3 aliphatic heterocycles. The molecule has 0 saturated heterocycles. The predicted molar refractivity (Wildman–Crippen MR) is 230 cm³/mol.